The van der Waals surface area contributed by atoms with Crippen LogP contribution in [0.5, 0.6) is 0 Å². The first-order valence-corrected chi connectivity index (χ1v) is 38.2. The normalized spacial score (nSPS) is 14.3. The molecule has 19 heteroatoms. The maximum absolute atomic E-state index is 13.0. The van der Waals surface area contributed by atoms with E-state index in [2.05, 4.69) is 55.4 Å². The second-order valence-electron chi connectivity index (χ2n) is 26.5. The Bertz CT molecular complexity index is 1730. The van der Waals surface area contributed by atoms with Crippen molar-refractivity contribution in [3.63, 3.8) is 0 Å². The minimum absolute atomic E-state index is 0.103. The maximum Gasteiger partial charge on any atom is 0.472 e. The zero-order chi connectivity index (χ0) is 64.7. The highest BCUT2D eigenvalue weighted by atomic mass is 31.2. The zero-order valence-corrected chi connectivity index (χ0v) is 58.4. The van der Waals surface area contributed by atoms with Gasteiger partial charge in [0.15, 0.2) is 12.2 Å². The number of phosphoric acid groups is 2. The summed E-state index contributed by atoms with van der Waals surface area (Å²) in [6.45, 7) is 14.0. The Kier molecular flexibility index (Phi) is 56.6. The highest BCUT2D eigenvalue weighted by Gasteiger charge is 2.30. The number of carbonyl (C=O) groups is 4. The van der Waals surface area contributed by atoms with Crippen LogP contribution in [0.15, 0.2) is 0 Å². The van der Waals surface area contributed by atoms with Gasteiger partial charge in [0.25, 0.3) is 0 Å². The summed E-state index contributed by atoms with van der Waals surface area (Å²) in [5.41, 5.74) is 0. The average molecular weight is 1280 g/mol. The van der Waals surface area contributed by atoms with Gasteiger partial charge in [0, 0.05) is 25.7 Å². The van der Waals surface area contributed by atoms with Crippen molar-refractivity contribution in [2.24, 2.45) is 23.7 Å². The van der Waals surface area contributed by atoms with Gasteiger partial charge < -0.3 is 33.8 Å². The van der Waals surface area contributed by atoms with Crippen molar-refractivity contribution < 1.29 is 80.2 Å². The van der Waals surface area contributed by atoms with Crippen LogP contribution in [-0.2, 0) is 65.4 Å². The number of aliphatic hydroxyl groups is 1. The van der Waals surface area contributed by atoms with Gasteiger partial charge in [-0.3, -0.25) is 37.3 Å². The number of aliphatic hydroxyl groups excluding tert-OH is 1. The summed E-state index contributed by atoms with van der Waals surface area (Å²) in [7, 11) is -9.90. The first-order chi connectivity index (χ1) is 41.6. The van der Waals surface area contributed by atoms with E-state index in [1.165, 1.54) is 128 Å². The fourth-order valence-electron chi connectivity index (χ4n) is 10.1. The number of ether oxygens (including phenoxy) is 4. The van der Waals surface area contributed by atoms with Crippen molar-refractivity contribution >= 4 is 39.5 Å². The molecule has 2 unspecified atom stereocenters. The Labute approximate surface area is 530 Å². The first-order valence-electron chi connectivity index (χ1n) is 35.2. The molecule has 0 aliphatic heterocycles. The van der Waals surface area contributed by atoms with Gasteiger partial charge in [0.05, 0.1) is 26.4 Å². The minimum atomic E-state index is -4.95. The topological polar surface area (TPSA) is 237 Å². The Balaban J connectivity index is 5.25. The van der Waals surface area contributed by atoms with Crippen LogP contribution < -0.4 is 0 Å². The van der Waals surface area contributed by atoms with E-state index >= 15 is 0 Å². The summed E-state index contributed by atoms with van der Waals surface area (Å²) in [5, 5.41) is 10.6. The molecule has 0 spiro atoms. The molecule has 516 valence electrons. The van der Waals surface area contributed by atoms with Gasteiger partial charge in [-0.05, 0) is 49.4 Å². The predicted molar refractivity (Wildman–Crippen MR) is 349 cm³/mol. The van der Waals surface area contributed by atoms with E-state index in [9.17, 15) is 43.2 Å². The fraction of sp³-hybridized carbons (Fsp3) is 0.941. The second-order valence-corrected chi connectivity index (χ2v) is 29.4. The Morgan fingerprint density at radius 1 is 0.287 bits per heavy atom. The van der Waals surface area contributed by atoms with Crippen molar-refractivity contribution in [3.8, 4) is 0 Å². The van der Waals surface area contributed by atoms with Crippen molar-refractivity contribution in [3.05, 3.63) is 0 Å². The smallest absolute Gasteiger partial charge is 0.462 e. The van der Waals surface area contributed by atoms with Gasteiger partial charge in [-0.25, -0.2) is 9.13 Å². The first kappa shape index (κ1) is 85.1. The number of phosphoric ester groups is 2. The second kappa shape index (κ2) is 57.9. The number of esters is 4. The number of rotatable bonds is 65. The molecule has 0 saturated carbocycles. The van der Waals surface area contributed by atoms with Crippen LogP contribution >= 0.6 is 15.6 Å². The third-order valence-electron chi connectivity index (χ3n) is 15.6. The largest absolute Gasteiger partial charge is 0.472 e. The van der Waals surface area contributed by atoms with E-state index in [-0.39, 0.29) is 25.7 Å². The molecule has 3 N–H and O–H groups in total. The Morgan fingerprint density at radius 2 is 0.483 bits per heavy atom. The van der Waals surface area contributed by atoms with Crippen molar-refractivity contribution in [2.75, 3.05) is 39.6 Å². The standard InChI is InChI=1S/C68H132O17P2/c1-58(2)44-36-28-20-14-10-9-11-16-23-32-40-48-65(70)78-54-63(84-67(72)50-42-34-24-17-13-12-15-21-29-37-45-59(3)4)56-82-86(74,75)80-52-62(69)53-81-87(76,77)83-57-64(55-79-66(71)49-41-33-27-26-31-39-47-61(7)8)85-68(73)51-43-35-25-19-18-22-30-38-46-60(5)6/h58-64,69H,9-57H2,1-8H3,(H,74,75)(H,76,77)/t62-,63-,64-/m1/s1. The van der Waals surface area contributed by atoms with Crippen LogP contribution in [0.25, 0.3) is 0 Å². The van der Waals surface area contributed by atoms with Gasteiger partial charge in [0.2, 0.25) is 0 Å². The van der Waals surface area contributed by atoms with E-state index in [0.29, 0.717) is 31.6 Å². The molecule has 0 bridgehead atoms. The Hall–Kier alpha value is -1.94. The average Bonchev–Trinajstić information content (AvgIpc) is 3.60. The van der Waals surface area contributed by atoms with Crippen molar-refractivity contribution in [1.29, 1.82) is 0 Å². The van der Waals surface area contributed by atoms with E-state index in [0.717, 1.165) is 114 Å². The Morgan fingerprint density at radius 3 is 0.713 bits per heavy atom. The molecule has 0 heterocycles. The molecule has 0 saturated heterocycles. The molecule has 0 aromatic heterocycles. The summed E-state index contributed by atoms with van der Waals surface area (Å²) in [5.74, 6) is 0.786. The molecule has 17 nitrogen and oxygen atoms in total. The SMILES string of the molecule is CC(C)CCCCCCCCCCCCCC(=O)OC[C@H](COP(=O)(O)OC[C@@H](O)COP(=O)(O)OC[C@@H](COC(=O)CCCCCCCCC(C)C)OC(=O)CCCCCCCCCCC(C)C)OC(=O)CCCCCCCCCCCCC(C)C. The highest BCUT2D eigenvalue weighted by molar-refractivity contribution is 7.47. The molecule has 0 rings (SSSR count). The summed E-state index contributed by atoms with van der Waals surface area (Å²) < 4.78 is 68.2. The minimum Gasteiger partial charge on any atom is -0.462 e. The van der Waals surface area contributed by atoms with Crippen LogP contribution in [-0.4, -0.2) is 96.7 Å². The number of hydrogen-bond donors (Lipinski definition) is 3. The summed E-state index contributed by atoms with van der Waals surface area (Å²) in [6, 6.07) is 0. The number of unbranched alkanes of at least 4 members (excludes halogenated alkanes) is 31. The van der Waals surface area contributed by atoms with Crippen LogP contribution in [0.4, 0.5) is 0 Å². The molecular weight excluding hydrogens is 1150 g/mol. The third-order valence-corrected chi connectivity index (χ3v) is 17.5. The lowest BCUT2D eigenvalue weighted by Gasteiger charge is -2.21. The monoisotopic (exact) mass is 1280 g/mol. The molecule has 0 fully saturated rings. The van der Waals surface area contributed by atoms with Gasteiger partial charge in [-0.1, -0.05) is 280 Å². The lowest BCUT2D eigenvalue weighted by molar-refractivity contribution is -0.161. The molecule has 0 aromatic rings. The fourth-order valence-corrected chi connectivity index (χ4v) is 11.7. The van der Waals surface area contributed by atoms with Crippen LogP contribution in [0.1, 0.15) is 331 Å². The van der Waals surface area contributed by atoms with Crippen LogP contribution in [0.2, 0.25) is 0 Å². The highest BCUT2D eigenvalue weighted by Crippen LogP contribution is 2.45. The van der Waals surface area contributed by atoms with E-state index in [1.807, 2.05) is 0 Å². The molecule has 0 amide bonds. The number of hydrogen-bond acceptors (Lipinski definition) is 15. The maximum atomic E-state index is 13.0. The van der Waals surface area contributed by atoms with Gasteiger partial charge in [-0.2, -0.15) is 0 Å². The van der Waals surface area contributed by atoms with Crippen LogP contribution in [0, 0.1) is 23.7 Å². The molecular formula is C68H132O17P2. The molecule has 0 aliphatic carbocycles. The van der Waals surface area contributed by atoms with Gasteiger partial charge in [-0.15, -0.1) is 0 Å². The molecule has 0 aromatic carbocycles. The van der Waals surface area contributed by atoms with Crippen molar-refractivity contribution in [2.45, 2.75) is 350 Å². The molecule has 87 heavy (non-hydrogen) atoms. The lowest BCUT2D eigenvalue weighted by Crippen LogP contribution is -2.30. The van der Waals surface area contributed by atoms with Crippen molar-refractivity contribution in [1.82, 2.24) is 0 Å². The number of carbonyl (C=O) groups excluding carboxylic acids is 4. The molecule has 0 radical (unpaired) electrons. The van der Waals surface area contributed by atoms with Crippen LogP contribution in [0.3, 0.4) is 0 Å². The zero-order valence-electron chi connectivity index (χ0n) is 56.6. The quantitative estimate of drug-likeness (QED) is 0.0222. The van der Waals surface area contributed by atoms with Gasteiger partial charge >= 0.3 is 39.5 Å². The lowest BCUT2D eigenvalue weighted by atomic mass is 10.0. The summed E-state index contributed by atoms with van der Waals surface area (Å²) in [4.78, 5) is 72.4. The van der Waals surface area contributed by atoms with Gasteiger partial charge in [0.1, 0.15) is 19.3 Å². The summed E-state index contributed by atoms with van der Waals surface area (Å²) in [6.07, 6.45) is 39.1. The molecule has 5 atom stereocenters. The third kappa shape index (κ3) is 62.6. The van der Waals surface area contributed by atoms with E-state index < -0.39 is 97.5 Å². The van der Waals surface area contributed by atoms with E-state index in [1.54, 1.807) is 0 Å². The molecule has 0 aliphatic rings. The summed E-state index contributed by atoms with van der Waals surface area (Å²) >= 11 is 0. The predicted octanol–water partition coefficient (Wildman–Crippen LogP) is 18.9. The van der Waals surface area contributed by atoms with E-state index in [4.69, 9.17) is 37.0 Å².